The Hall–Kier alpha value is -0.0800. The molecule has 2 aliphatic carbocycles. The van der Waals surface area contributed by atoms with Crippen LogP contribution >= 0.6 is 0 Å². The molecule has 2 heteroatoms. The number of nitrogens with one attached hydrogen (secondary N) is 1. The summed E-state index contributed by atoms with van der Waals surface area (Å²) in [4.78, 5) is 0. The van der Waals surface area contributed by atoms with E-state index in [1.54, 1.807) is 0 Å². The first-order chi connectivity index (χ1) is 8.08. The summed E-state index contributed by atoms with van der Waals surface area (Å²) in [5, 5.41) is 3.68. The van der Waals surface area contributed by atoms with Gasteiger partial charge >= 0.3 is 0 Å². The highest BCUT2D eigenvalue weighted by molar-refractivity contribution is 4.97. The molecule has 0 aromatic carbocycles. The third-order valence-electron chi connectivity index (χ3n) is 4.84. The van der Waals surface area contributed by atoms with Gasteiger partial charge in [0.2, 0.25) is 0 Å². The summed E-state index contributed by atoms with van der Waals surface area (Å²) in [5.74, 6) is 0.820. The van der Waals surface area contributed by atoms with Gasteiger partial charge in [0.25, 0.3) is 0 Å². The van der Waals surface area contributed by atoms with Gasteiger partial charge in [0, 0.05) is 18.6 Å². The first-order valence-electron chi connectivity index (χ1n) is 7.57. The van der Waals surface area contributed by atoms with Crippen molar-refractivity contribution in [2.75, 3.05) is 13.1 Å². The van der Waals surface area contributed by atoms with Crippen LogP contribution in [0.15, 0.2) is 0 Å². The van der Waals surface area contributed by atoms with E-state index in [1.165, 1.54) is 57.9 Å². The van der Waals surface area contributed by atoms with Crippen LogP contribution in [-0.2, 0) is 0 Å². The van der Waals surface area contributed by atoms with E-state index >= 15 is 0 Å². The minimum absolute atomic E-state index is 0.0833. The molecule has 2 nitrogen and oxygen atoms in total. The van der Waals surface area contributed by atoms with Gasteiger partial charge in [0.1, 0.15) is 0 Å². The molecular formula is C15H30N2. The van der Waals surface area contributed by atoms with Gasteiger partial charge in [-0.3, -0.25) is 0 Å². The number of hydrogen-bond acceptors (Lipinski definition) is 2. The summed E-state index contributed by atoms with van der Waals surface area (Å²) in [5.41, 5.74) is 7.25. The van der Waals surface area contributed by atoms with Gasteiger partial charge in [-0.25, -0.2) is 0 Å². The highest BCUT2D eigenvalue weighted by Gasteiger charge is 2.41. The molecule has 0 aliphatic heterocycles. The Morgan fingerprint density at radius 3 is 2.59 bits per heavy atom. The van der Waals surface area contributed by atoms with Crippen LogP contribution in [0.25, 0.3) is 0 Å². The second-order valence-corrected chi connectivity index (χ2v) is 6.92. The highest BCUT2D eigenvalue weighted by Crippen LogP contribution is 2.49. The van der Waals surface area contributed by atoms with Gasteiger partial charge in [-0.15, -0.1) is 0 Å². The van der Waals surface area contributed by atoms with Crippen molar-refractivity contribution < 1.29 is 0 Å². The fraction of sp³-hybridized carbons (Fsp3) is 1.00. The molecule has 100 valence electrons. The van der Waals surface area contributed by atoms with Crippen LogP contribution in [0.3, 0.4) is 0 Å². The molecule has 2 atom stereocenters. The molecule has 0 radical (unpaired) electrons. The molecule has 17 heavy (non-hydrogen) atoms. The van der Waals surface area contributed by atoms with Gasteiger partial charge < -0.3 is 11.1 Å². The Morgan fingerprint density at radius 1 is 1.24 bits per heavy atom. The first-order valence-corrected chi connectivity index (χ1v) is 7.57. The van der Waals surface area contributed by atoms with Gasteiger partial charge in [-0.2, -0.15) is 0 Å². The maximum Gasteiger partial charge on any atom is 0.0283 e. The van der Waals surface area contributed by atoms with Crippen LogP contribution in [-0.4, -0.2) is 18.6 Å². The average Bonchev–Trinajstić information content (AvgIpc) is 2.98. The molecule has 0 bridgehead atoms. The predicted octanol–water partition coefficient (Wildman–Crippen LogP) is 3.06. The van der Waals surface area contributed by atoms with Crippen molar-refractivity contribution in [3.8, 4) is 0 Å². The quantitative estimate of drug-likeness (QED) is 0.746. The van der Waals surface area contributed by atoms with E-state index in [-0.39, 0.29) is 5.54 Å². The van der Waals surface area contributed by atoms with Gasteiger partial charge in [0.05, 0.1) is 0 Å². The zero-order valence-corrected chi connectivity index (χ0v) is 11.7. The Bertz CT molecular complexity index is 247. The summed E-state index contributed by atoms with van der Waals surface area (Å²) in [6, 6.07) is 0. The Morgan fingerprint density at radius 2 is 2.00 bits per heavy atom. The lowest BCUT2D eigenvalue weighted by molar-refractivity contribution is 0.224. The van der Waals surface area contributed by atoms with Gasteiger partial charge in [-0.05, 0) is 43.4 Å². The molecule has 3 N–H and O–H groups in total. The second kappa shape index (κ2) is 5.27. The molecule has 0 saturated heterocycles. The minimum atomic E-state index is 0.0833. The fourth-order valence-electron chi connectivity index (χ4n) is 3.66. The summed E-state index contributed by atoms with van der Waals surface area (Å²) in [6.45, 7) is 6.88. The van der Waals surface area contributed by atoms with Crippen LogP contribution in [0.4, 0.5) is 0 Å². The van der Waals surface area contributed by atoms with Crippen LogP contribution in [0.1, 0.15) is 65.2 Å². The number of nitrogens with two attached hydrogens (primary N) is 1. The topological polar surface area (TPSA) is 38.0 Å². The van der Waals surface area contributed by atoms with E-state index in [0.717, 1.165) is 12.5 Å². The molecular weight excluding hydrogens is 208 g/mol. The normalized spacial score (nSPS) is 35.8. The molecule has 0 aromatic rings. The smallest absolute Gasteiger partial charge is 0.0283 e. The van der Waals surface area contributed by atoms with E-state index in [1.807, 2.05) is 0 Å². The first kappa shape index (κ1) is 13.4. The summed E-state index contributed by atoms with van der Waals surface area (Å²) in [6.07, 6.45) is 10.7. The maximum atomic E-state index is 6.51. The zero-order chi connectivity index (χ0) is 12.4. The van der Waals surface area contributed by atoms with Crippen LogP contribution in [0.2, 0.25) is 0 Å². The predicted molar refractivity (Wildman–Crippen MR) is 74.0 cm³/mol. The maximum absolute atomic E-state index is 6.51. The Kier molecular flexibility index (Phi) is 4.14. The van der Waals surface area contributed by atoms with Crippen molar-refractivity contribution in [1.29, 1.82) is 0 Å². The van der Waals surface area contributed by atoms with E-state index in [0.29, 0.717) is 5.41 Å². The molecule has 2 saturated carbocycles. The lowest BCUT2D eigenvalue weighted by Gasteiger charge is -2.37. The zero-order valence-electron chi connectivity index (χ0n) is 11.7. The van der Waals surface area contributed by atoms with Crippen LogP contribution in [0.5, 0.6) is 0 Å². The second-order valence-electron chi connectivity index (χ2n) is 6.92. The SMILES string of the molecule is CCCC1(CNCC2(N)CCCC(C)C2)CC1. The molecule has 2 unspecified atom stereocenters. The number of hydrogen-bond donors (Lipinski definition) is 2. The third kappa shape index (κ3) is 3.69. The summed E-state index contributed by atoms with van der Waals surface area (Å²) in [7, 11) is 0. The van der Waals surface area contributed by atoms with E-state index in [9.17, 15) is 0 Å². The van der Waals surface area contributed by atoms with E-state index < -0.39 is 0 Å². The molecule has 0 aromatic heterocycles. The highest BCUT2D eigenvalue weighted by atomic mass is 15.0. The van der Waals surface area contributed by atoms with Crippen LogP contribution in [0, 0.1) is 11.3 Å². The van der Waals surface area contributed by atoms with Gasteiger partial charge in [-0.1, -0.05) is 33.1 Å². The molecule has 2 fully saturated rings. The summed E-state index contributed by atoms with van der Waals surface area (Å²) < 4.78 is 0. The summed E-state index contributed by atoms with van der Waals surface area (Å²) >= 11 is 0. The Labute approximate surface area is 107 Å². The fourth-order valence-corrected chi connectivity index (χ4v) is 3.66. The van der Waals surface area contributed by atoms with Crippen molar-refractivity contribution in [3.05, 3.63) is 0 Å². The van der Waals surface area contributed by atoms with Crippen molar-refractivity contribution >= 4 is 0 Å². The average molecular weight is 238 g/mol. The van der Waals surface area contributed by atoms with Crippen molar-refractivity contribution in [2.24, 2.45) is 17.1 Å². The van der Waals surface area contributed by atoms with E-state index in [4.69, 9.17) is 5.73 Å². The number of rotatable bonds is 6. The minimum Gasteiger partial charge on any atom is -0.324 e. The lowest BCUT2D eigenvalue weighted by Crippen LogP contribution is -2.52. The lowest BCUT2D eigenvalue weighted by atomic mass is 9.77. The molecule has 2 rings (SSSR count). The molecule has 0 amide bonds. The standard InChI is InChI=1S/C15H30N2/c1-3-6-14(8-9-14)11-17-12-15(16)7-4-5-13(2)10-15/h13,17H,3-12,16H2,1-2H3. The van der Waals surface area contributed by atoms with Crippen molar-refractivity contribution in [3.63, 3.8) is 0 Å². The third-order valence-corrected chi connectivity index (χ3v) is 4.84. The molecule has 0 spiro atoms. The molecule has 2 aliphatic rings. The Balaban J connectivity index is 1.70. The van der Waals surface area contributed by atoms with Crippen LogP contribution < -0.4 is 11.1 Å². The van der Waals surface area contributed by atoms with Crippen molar-refractivity contribution in [2.45, 2.75) is 70.8 Å². The largest absolute Gasteiger partial charge is 0.324 e. The van der Waals surface area contributed by atoms with Gasteiger partial charge in [0.15, 0.2) is 0 Å². The monoisotopic (exact) mass is 238 g/mol. The van der Waals surface area contributed by atoms with Crippen molar-refractivity contribution in [1.82, 2.24) is 5.32 Å². The van der Waals surface area contributed by atoms with E-state index in [2.05, 4.69) is 19.2 Å². The molecule has 0 heterocycles.